The van der Waals surface area contributed by atoms with Crippen LogP contribution >= 0.6 is 11.6 Å². The van der Waals surface area contributed by atoms with Crippen LogP contribution in [0.25, 0.3) is 11.4 Å². The first kappa shape index (κ1) is 14.0. The van der Waals surface area contributed by atoms with Crippen molar-refractivity contribution in [3.05, 3.63) is 23.7 Å². The van der Waals surface area contributed by atoms with Gasteiger partial charge in [-0.1, -0.05) is 0 Å². The summed E-state index contributed by atoms with van der Waals surface area (Å²) in [7, 11) is 1.58. The van der Waals surface area contributed by atoms with Crippen LogP contribution in [0.15, 0.2) is 18.5 Å². The van der Waals surface area contributed by atoms with Gasteiger partial charge in [0.2, 0.25) is 11.2 Å². The van der Waals surface area contributed by atoms with Crippen LogP contribution in [0.2, 0.25) is 5.28 Å². The second-order valence-electron chi connectivity index (χ2n) is 4.44. The molecule has 2 aromatic rings. The van der Waals surface area contributed by atoms with Gasteiger partial charge in [0.25, 0.3) is 0 Å². The molecule has 3 rings (SSSR count). The highest BCUT2D eigenvalue weighted by Gasteiger charge is 2.17. The Kier molecular flexibility index (Phi) is 4.12. The molecule has 7 nitrogen and oxygen atoms in total. The molecule has 1 aliphatic rings. The second-order valence-corrected chi connectivity index (χ2v) is 4.78. The molecule has 0 N–H and O–H groups in total. The molecule has 0 aliphatic carbocycles. The summed E-state index contributed by atoms with van der Waals surface area (Å²) in [6.45, 7) is 2.77. The quantitative estimate of drug-likeness (QED) is 0.849. The van der Waals surface area contributed by atoms with E-state index >= 15 is 0 Å². The van der Waals surface area contributed by atoms with E-state index in [4.69, 9.17) is 21.1 Å². The summed E-state index contributed by atoms with van der Waals surface area (Å²) >= 11 is 6.02. The number of rotatable bonds is 3. The van der Waals surface area contributed by atoms with E-state index in [2.05, 4.69) is 19.9 Å². The van der Waals surface area contributed by atoms with Crippen molar-refractivity contribution in [3.8, 4) is 17.1 Å². The minimum Gasteiger partial charge on any atom is -0.495 e. The topological polar surface area (TPSA) is 73.3 Å². The normalized spacial score (nSPS) is 15.0. The molecular formula is C13H14ClN5O2. The molecule has 0 spiro atoms. The van der Waals surface area contributed by atoms with Crippen molar-refractivity contribution in [2.24, 2.45) is 0 Å². The number of pyridine rings is 1. The number of methoxy groups -OCH3 is 1. The summed E-state index contributed by atoms with van der Waals surface area (Å²) in [5.41, 5.74) is 0.730. The zero-order valence-corrected chi connectivity index (χ0v) is 12.2. The SMILES string of the molecule is COc1cncc(-c2nc(Cl)nc(N3CCOCC3)n2)c1. The Hall–Kier alpha value is -1.99. The Morgan fingerprint density at radius 1 is 1.19 bits per heavy atom. The van der Waals surface area contributed by atoms with Crippen molar-refractivity contribution >= 4 is 17.5 Å². The van der Waals surface area contributed by atoms with Crippen molar-refractivity contribution in [3.63, 3.8) is 0 Å². The predicted octanol–water partition coefficient (Wildman–Crippen LogP) is 1.43. The van der Waals surface area contributed by atoms with Gasteiger partial charge in [0.05, 0.1) is 26.5 Å². The molecule has 1 fully saturated rings. The molecule has 110 valence electrons. The van der Waals surface area contributed by atoms with E-state index in [1.165, 1.54) is 0 Å². The average molecular weight is 308 g/mol. The van der Waals surface area contributed by atoms with Crippen LogP contribution in [0.1, 0.15) is 0 Å². The van der Waals surface area contributed by atoms with Crippen LogP contribution in [-0.4, -0.2) is 53.3 Å². The molecule has 0 atom stereocenters. The standard InChI is InChI=1S/C13H14ClN5O2/c1-20-10-6-9(7-15-8-10)11-16-12(14)18-13(17-11)19-2-4-21-5-3-19/h6-8H,2-5H2,1H3. The minimum atomic E-state index is 0.157. The number of halogens is 1. The molecule has 0 amide bonds. The zero-order valence-electron chi connectivity index (χ0n) is 11.5. The van der Waals surface area contributed by atoms with Crippen molar-refractivity contribution in [1.82, 2.24) is 19.9 Å². The monoisotopic (exact) mass is 307 g/mol. The van der Waals surface area contributed by atoms with E-state index in [0.717, 1.165) is 18.7 Å². The highest BCUT2D eigenvalue weighted by molar-refractivity contribution is 6.28. The van der Waals surface area contributed by atoms with Gasteiger partial charge in [-0.2, -0.15) is 15.0 Å². The maximum atomic E-state index is 6.02. The smallest absolute Gasteiger partial charge is 0.230 e. The second kappa shape index (κ2) is 6.19. The lowest BCUT2D eigenvalue weighted by Gasteiger charge is -2.26. The molecule has 0 saturated carbocycles. The van der Waals surface area contributed by atoms with Gasteiger partial charge in [-0.15, -0.1) is 0 Å². The molecule has 1 aliphatic heterocycles. The van der Waals surface area contributed by atoms with Crippen LogP contribution in [0.5, 0.6) is 5.75 Å². The van der Waals surface area contributed by atoms with Crippen LogP contribution in [0.3, 0.4) is 0 Å². The number of hydrogen-bond acceptors (Lipinski definition) is 7. The lowest BCUT2D eigenvalue weighted by atomic mass is 10.2. The summed E-state index contributed by atoms with van der Waals surface area (Å²) in [5, 5.41) is 0.157. The molecule has 0 aromatic carbocycles. The number of aromatic nitrogens is 4. The first-order valence-electron chi connectivity index (χ1n) is 6.50. The molecule has 8 heteroatoms. The molecule has 21 heavy (non-hydrogen) atoms. The van der Waals surface area contributed by atoms with E-state index < -0.39 is 0 Å². The highest BCUT2D eigenvalue weighted by atomic mass is 35.5. The molecular weight excluding hydrogens is 294 g/mol. The third-order valence-electron chi connectivity index (χ3n) is 3.10. The fourth-order valence-electron chi connectivity index (χ4n) is 2.03. The van der Waals surface area contributed by atoms with Crippen LogP contribution in [0.4, 0.5) is 5.95 Å². The number of anilines is 1. The van der Waals surface area contributed by atoms with Crippen LogP contribution in [0, 0.1) is 0 Å². The number of hydrogen-bond donors (Lipinski definition) is 0. The van der Waals surface area contributed by atoms with E-state index in [-0.39, 0.29) is 5.28 Å². The van der Waals surface area contributed by atoms with Crippen molar-refractivity contribution in [1.29, 1.82) is 0 Å². The maximum absolute atomic E-state index is 6.02. The van der Waals surface area contributed by atoms with E-state index in [1.807, 2.05) is 11.0 Å². The van der Waals surface area contributed by atoms with Gasteiger partial charge in [-0.25, -0.2) is 0 Å². The van der Waals surface area contributed by atoms with Gasteiger partial charge >= 0.3 is 0 Å². The van der Waals surface area contributed by atoms with Crippen molar-refractivity contribution in [2.75, 3.05) is 38.3 Å². The van der Waals surface area contributed by atoms with Gasteiger partial charge in [0.15, 0.2) is 5.82 Å². The van der Waals surface area contributed by atoms with E-state index in [0.29, 0.717) is 30.7 Å². The Bertz CT molecular complexity index is 634. The Labute approximate surface area is 126 Å². The number of nitrogens with zero attached hydrogens (tertiary/aromatic N) is 5. The Morgan fingerprint density at radius 2 is 2.00 bits per heavy atom. The number of ether oxygens (including phenoxy) is 2. The zero-order chi connectivity index (χ0) is 14.7. The van der Waals surface area contributed by atoms with Crippen LogP contribution < -0.4 is 9.64 Å². The van der Waals surface area contributed by atoms with E-state index in [9.17, 15) is 0 Å². The van der Waals surface area contributed by atoms with Gasteiger partial charge in [0.1, 0.15) is 5.75 Å². The third-order valence-corrected chi connectivity index (χ3v) is 3.27. The summed E-state index contributed by atoms with van der Waals surface area (Å²) < 4.78 is 10.5. The molecule has 3 heterocycles. The van der Waals surface area contributed by atoms with Gasteiger partial charge in [-0.05, 0) is 17.7 Å². The first-order valence-corrected chi connectivity index (χ1v) is 6.88. The summed E-state index contributed by atoms with van der Waals surface area (Å²) in [6, 6.07) is 1.81. The molecule has 1 saturated heterocycles. The van der Waals surface area contributed by atoms with Crippen molar-refractivity contribution in [2.45, 2.75) is 0 Å². The lowest BCUT2D eigenvalue weighted by molar-refractivity contribution is 0.122. The fourth-order valence-corrected chi connectivity index (χ4v) is 2.18. The summed E-state index contributed by atoms with van der Waals surface area (Å²) in [4.78, 5) is 18.9. The minimum absolute atomic E-state index is 0.157. The fraction of sp³-hybridized carbons (Fsp3) is 0.385. The molecule has 0 radical (unpaired) electrons. The first-order chi connectivity index (χ1) is 10.3. The highest BCUT2D eigenvalue weighted by Crippen LogP contribution is 2.22. The predicted molar refractivity (Wildman–Crippen MR) is 77.7 cm³/mol. The Morgan fingerprint density at radius 3 is 2.76 bits per heavy atom. The van der Waals surface area contributed by atoms with Crippen molar-refractivity contribution < 1.29 is 9.47 Å². The maximum Gasteiger partial charge on any atom is 0.230 e. The largest absolute Gasteiger partial charge is 0.495 e. The lowest BCUT2D eigenvalue weighted by Crippen LogP contribution is -2.37. The van der Waals surface area contributed by atoms with Gasteiger partial charge < -0.3 is 14.4 Å². The van der Waals surface area contributed by atoms with Crippen LogP contribution in [-0.2, 0) is 4.74 Å². The van der Waals surface area contributed by atoms with Gasteiger partial charge in [0, 0.05) is 24.8 Å². The molecule has 0 bridgehead atoms. The average Bonchev–Trinajstić information content (AvgIpc) is 2.55. The van der Waals surface area contributed by atoms with E-state index in [1.54, 1.807) is 19.5 Å². The molecule has 2 aromatic heterocycles. The summed E-state index contributed by atoms with van der Waals surface area (Å²) in [5.74, 6) is 1.66. The third kappa shape index (κ3) is 3.20. The molecule has 0 unspecified atom stereocenters. The summed E-state index contributed by atoms with van der Waals surface area (Å²) in [6.07, 6.45) is 3.28. The Balaban J connectivity index is 1.96. The number of morpholine rings is 1. The van der Waals surface area contributed by atoms with Gasteiger partial charge in [-0.3, -0.25) is 4.98 Å².